The molecule has 2 amide bonds. The Hall–Kier alpha value is -2.04. The zero-order valence-electron chi connectivity index (χ0n) is 12.2. The van der Waals surface area contributed by atoms with E-state index in [9.17, 15) is 9.59 Å². The molecule has 1 atom stereocenters. The van der Waals surface area contributed by atoms with Crippen LogP contribution in [0.15, 0.2) is 30.3 Å². The topological polar surface area (TPSA) is 58.6 Å². The van der Waals surface area contributed by atoms with Gasteiger partial charge in [0.25, 0.3) is 0 Å². The number of hydrogen-bond donors (Lipinski definition) is 1. The minimum atomic E-state index is -0.713. The lowest BCUT2D eigenvalue weighted by atomic mass is 9.90. The predicted octanol–water partition coefficient (Wildman–Crippen LogP) is 1.19. The zero-order valence-corrected chi connectivity index (χ0v) is 12.2. The molecular weight excluding hydrogens is 268 g/mol. The summed E-state index contributed by atoms with van der Waals surface area (Å²) in [6, 6.07) is 9.50. The number of ether oxygens (including phenoxy) is 1. The van der Waals surface area contributed by atoms with E-state index in [1.807, 2.05) is 37.3 Å². The van der Waals surface area contributed by atoms with Gasteiger partial charge in [0, 0.05) is 0 Å². The third-order valence-electron chi connectivity index (χ3n) is 4.42. The smallest absolute Gasteiger partial charge is 0.246 e. The summed E-state index contributed by atoms with van der Waals surface area (Å²) in [6.07, 6.45) is 2.01. The average Bonchev–Trinajstić information content (AvgIpc) is 3.33. The number of piperazine rings is 1. The number of carbonyl (C=O) groups excluding carboxylic acids is 2. The van der Waals surface area contributed by atoms with Gasteiger partial charge in [-0.25, -0.2) is 0 Å². The first kappa shape index (κ1) is 13.9. The first-order chi connectivity index (χ1) is 10.1. The molecule has 2 aliphatic rings. The van der Waals surface area contributed by atoms with Gasteiger partial charge in [-0.2, -0.15) is 0 Å². The van der Waals surface area contributed by atoms with E-state index in [1.165, 1.54) is 0 Å². The van der Waals surface area contributed by atoms with Gasteiger partial charge in [0.2, 0.25) is 11.8 Å². The molecule has 0 aromatic heterocycles. The highest BCUT2D eigenvalue weighted by atomic mass is 16.5. The van der Waals surface area contributed by atoms with Gasteiger partial charge in [-0.3, -0.25) is 9.59 Å². The highest BCUT2D eigenvalue weighted by molar-refractivity contribution is 5.98. The summed E-state index contributed by atoms with van der Waals surface area (Å²) in [5.74, 6) is 0.989. The lowest BCUT2D eigenvalue weighted by molar-refractivity contribution is -0.154. The lowest BCUT2D eigenvalue weighted by Gasteiger charge is -2.43. The maximum atomic E-state index is 12.2. The average molecular weight is 288 g/mol. The standard InChI is InChI=1S/C16H20N2O3/c1-16(12-7-8-12)15(20)17-11-14(19)18(16)9-10-21-13-5-3-2-4-6-13/h2-6,12H,7-11H2,1H3,(H,17,20). The summed E-state index contributed by atoms with van der Waals surface area (Å²) in [6.45, 7) is 2.80. The minimum Gasteiger partial charge on any atom is -0.492 e. The van der Waals surface area contributed by atoms with Crippen molar-refractivity contribution in [2.45, 2.75) is 25.3 Å². The Labute approximate surface area is 124 Å². The first-order valence-corrected chi connectivity index (χ1v) is 7.39. The van der Waals surface area contributed by atoms with Crippen LogP contribution in [0.5, 0.6) is 5.75 Å². The molecule has 3 rings (SSSR count). The lowest BCUT2D eigenvalue weighted by Crippen LogP contribution is -2.67. The molecule has 0 spiro atoms. The van der Waals surface area contributed by atoms with Crippen LogP contribution in [0.25, 0.3) is 0 Å². The number of benzene rings is 1. The summed E-state index contributed by atoms with van der Waals surface area (Å²) in [4.78, 5) is 26.1. The molecule has 0 radical (unpaired) electrons. The molecule has 1 aromatic carbocycles. The van der Waals surface area contributed by atoms with Crippen LogP contribution < -0.4 is 10.1 Å². The molecular formula is C16H20N2O3. The molecule has 5 heteroatoms. The number of nitrogens with zero attached hydrogens (tertiary/aromatic N) is 1. The summed E-state index contributed by atoms with van der Waals surface area (Å²) in [5, 5.41) is 2.71. The fourth-order valence-corrected chi connectivity index (χ4v) is 2.99. The van der Waals surface area contributed by atoms with Crippen molar-refractivity contribution in [3.05, 3.63) is 30.3 Å². The van der Waals surface area contributed by atoms with E-state index in [0.717, 1.165) is 18.6 Å². The Balaban J connectivity index is 1.66. The maximum absolute atomic E-state index is 12.2. The van der Waals surface area contributed by atoms with Crippen molar-refractivity contribution >= 4 is 11.8 Å². The highest BCUT2D eigenvalue weighted by Crippen LogP contribution is 2.44. The predicted molar refractivity (Wildman–Crippen MR) is 77.8 cm³/mol. The molecule has 112 valence electrons. The Bertz CT molecular complexity index is 542. The summed E-state index contributed by atoms with van der Waals surface area (Å²) in [5.41, 5.74) is -0.713. The summed E-state index contributed by atoms with van der Waals surface area (Å²) in [7, 11) is 0. The molecule has 5 nitrogen and oxygen atoms in total. The molecule has 0 bridgehead atoms. The largest absolute Gasteiger partial charge is 0.492 e. The number of para-hydroxylation sites is 1. The Morgan fingerprint density at radius 1 is 1.29 bits per heavy atom. The van der Waals surface area contributed by atoms with Crippen LogP contribution in [0.3, 0.4) is 0 Å². The molecule has 1 heterocycles. The number of nitrogens with one attached hydrogen (secondary N) is 1. The molecule has 1 aliphatic heterocycles. The van der Waals surface area contributed by atoms with E-state index >= 15 is 0 Å². The summed E-state index contributed by atoms with van der Waals surface area (Å²) < 4.78 is 5.66. The number of hydrogen-bond acceptors (Lipinski definition) is 3. The Kier molecular flexibility index (Phi) is 3.57. The molecule has 21 heavy (non-hydrogen) atoms. The molecule has 1 saturated carbocycles. The molecule has 1 saturated heterocycles. The maximum Gasteiger partial charge on any atom is 0.246 e. The van der Waals surface area contributed by atoms with Gasteiger partial charge in [-0.05, 0) is 37.8 Å². The van der Waals surface area contributed by atoms with Crippen LogP contribution in [-0.2, 0) is 9.59 Å². The second-order valence-corrected chi connectivity index (χ2v) is 5.81. The Morgan fingerprint density at radius 3 is 2.67 bits per heavy atom. The van der Waals surface area contributed by atoms with E-state index in [2.05, 4.69) is 5.32 Å². The molecule has 1 N–H and O–H groups in total. The van der Waals surface area contributed by atoms with Crippen molar-refractivity contribution < 1.29 is 14.3 Å². The van der Waals surface area contributed by atoms with Crippen molar-refractivity contribution in [2.75, 3.05) is 19.7 Å². The molecule has 1 aliphatic carbocycles. The van der Waals surface area contributed by atoms with Crippen LogP contribution in [0.2, 0.25) is 0 Å². The van der Waals surface area contributed by atoms with Crippen molar-refractivity contribution in [3.63, 3.8) is 0 Å². The SMILES string of the molecule is CC1(C2CC2)C(=O)NCC(=O)N1CCOc1ccccc1. The third-order valence-corrected chi connectivity index (χ3v) is 4.42. The van der Waals surface area contributed by atoms with Crippen LogP contribution >= 0.6 is 0 Å². The monoisotopic (exact) mass is 288 g/mol. The van der Waals surface area contributed by atoms with Gasteiger partial charge in [-0.1, -0.05) is 18.2 Å². The van der Waals surface area contributed by atoms with E-state index < -0.39 is 5.54 Å². The normalized spacial score (nSPS) is 25.7. The van der Waals surface area contributed by atoms with E-state index in [4.69, 9.17) is 4.74 Å². The fraction of sp³-hybridized carbons (Fsp3) is 0.500. The molecule has 1 unspecified atom stereocenters. The van der Waals surface area contributed by atoms with E-state index in [1.54, 1.807) is 4.90 Å². The highest BCUT2D eigenvalue weighted by Gasteiger charge is 2.54. The number of rotatable bonds is 5. The van der Waals surface area contributed by atoms with Crippen molar-refractivity contribution in [2.24, 2.45) is 5.92 Å². The minimum absolute atomic E-state index is 0.0272. The van der Waals surface area contributed by atoms with Gasteiger partial charge < -0.3 is 15.0 Å². The van der Waals surface area contributed by atoms with Crippen molar-refractivity contribution in [1.82, 2.24) is 10.2 Å². The number of carbonyl (C=O) groups is 2. The van der Waals surface area contributed by atoms with Crippen LogP contribution in [-0.4, -0.2) is 41.9 Å². The second-order valence-electron chi connectivity index (χ2n) is 5.81. The van der Waals surface area contributed by atoms with Crippen molar-refractivity contribution in [3.8, 4) is 5.75 Å². The second kappa shape index (κ2) is 5.39. The van der Waals surface area contributed by atoms with Crippen molar-refractivity contribution in [1.29, 1.82) is 0 Å². The van der Waals surface area contributed by atoms with Crippen LogP contribution in [0, 0.1) is 5.92 Å². The van der Waals surface area contributed by atoms with Crippen LogP contribution in [0.4, 0.5) is 0 Å². The van der Waals surface area contributed by atoms with Gasteiger partial charge in [0.15, 0.2) is 0 Å². The number of amides is 2. The quantitative estimate of drug-likeness (QED) is 0.885. The zero-order chi connectivity index (χ0) is 14.9. The van der Waals surface area contributed by atoms with Gasteiger partial charge >= 0.3 is 0 Å². The van der Waals surface area contributed by atoms with Gasteiger partial charge in [0.05, 0.1) is 13.1 Å². The Morgan fingerprint density at radius 2 is 2.00 bits per heavy atom. The molecule has 2 fully saturated rings. The van der Waals surface area contributed by atoms with E-state index in [-0.39, 0.29) is 24.3 Å². The summed E-state index contributed by atoms with van der Waals surface area (Å²) >= 11 is 0. The van der Waals surface area contributed by atoms with Gasteiger partial charge in [-0.15, -0.1) is 0 Å². The van der Waals surface area contributed by atoms with Gasteiger partial charge in [0.1, 0.15) is 17.9 Å². The van der Waals surface area contributed by atoms with Crippen LogP contribution in [0.1, 0.15) is 19.8 Å². The first-order valence-electron chi connectivity index (χ1n) is 7.39. The molecule has 1 aromatic rings. The van der Waals surface area contributed by atoms with E-state index in [0.29, 0.717) is 13.2 Å². The fourth-order valence-electron chi connectivity index (χ4n) is 2.99. The third kappa shape index (κ3) is 2.60.